The molecule has 0 aromatic heterocycles. The molecule has 0 unspecified atom stereocenters. The molecule has 4 nitrogen and oxygen atoms in total. The Morgan fingerprint density at radius 3 is 1.61 bits per heavy atom. The van der Waals surface area contributed by atoms with Gasteiger partial charge in [0.2, 0.25) is 0 Å². The van der Waals surface area contributed by atoms with Crippen LogP contribution >= 0.6 is 23.5 Å². The van der Waals surface area contributed by atoms with E-state index in [0.29, 0.717) is 9.81 Å². The first-order chi connectivity index (χ1) is 8.51. The van der Waals surface area contributed by atoms with Gasteiger partial charge in [0.05, 0.1) is 13.2 Å². The van der Waals surface area contributed by atoms with Crippen LogP contribution in [-0.4, -0.2) is 25.2 Å². The van der Waals surface area contributed by atoms with E-state index in [-0.39, 0.29) is 13.2 Å². The molecule has 0 N–H and O–H groups in total. The highest BCUT2D eigenvalue weighted by Gasteiger charge is 2.33. The van der Waals surface area contributed by atoms with Crippen LogP contribution in [-0.2, 0) is 19.1 Å². The number of allylic oxidation sites excluding steroid dienone is 1. The van der Waals surface area contributed by atoms with Gasteiger partial charge >= 0.3 is 11.9 Å². The van der Waals surface area contributed by atoms with E-state index in [1.165, 1.54) is 23.5 Å². The van der Waals surface area contributed by atoms with Gasteiger partial charge in [-0.15, -0.1) is 0 Å². The molecule has 0 fully saturated rings. The van der Waals surface area contributed by atoms with Gasteiger partial charge in [0.25, 0.3) is 0 Å². The van der Waals surface area contributed by atoms with Gasteiger partial charge in [0, 0.05) is 4.24 Å². The van der Waals surface area contributed by atoms with Crippen molar-refractivity contribution in [1.82, 2.24) is 0 Å². The van der Waals surface area contributed by atoms with E-state index in [4.69, 9.17) is 9.47 Å². The SMILES string of the molecule is CCOC(=O)C1=C(C(=O)OCC)SC(=C(C)C)S1. The summed E-state index contributed by atoms with van der Waals surface area (Å²) in [5.74, 6) is -0.927. The topological polar surface area (TPSA) is 52.6 Å². The summed E-state index contributed by atoms with van der Waals surface area (Å²) >= 11 is 2.55. The molecule has 0 aromatic rings. The van der Waals surface area contributed by atoms with Gasteiger partial charge in [-0.1, -0.05) is 29.1 Å². The van der Waals surface area contributed by atoms with Crippen molar-refractivity contribution in [2.75, 3.05) is 13.2 Å². The molecule has 0 saturated heterocycles. The van der Waals surface area contributed by atoms with Gasteiger partial charge in [0.15, 0.2) is 0 Å². The fourth-order valence-corrected chi connectivity index (χ4v) is 3.50. The van der Waals surface area contributed by atoms with Crippen molar-refractivity contribution < 1.29 is 19.1 Å². The van der Waals surface area contributed by atoms with Crippen molar-refractivity contribution >= 4 is 35.5 Å². The highest BCUT2D eigenvalue weighted by atomic mass is 32.2. The number of ether oxygens (including phenoxy) is 2. The molecular weight excluding hydrogens is 272 g/mol. The molecule has 1 aliphatic rings. The number of carbonyl (C=O) groups excluding carboxylic acids is 2. The van der Waals surface area contributed by atoms with Crippen molar-refractivity contribution in [2.24, 2.45) is 0 Å². The molecule has 6 heteroatoms. The maximum Gasteiger partial charge on any atom is 0.346 e. The normalized spacial score (nSPS) is 14.8. The van der Waals surface area contributed by atoms with Crippen molar-refractivity contribution in [2.45, 2.75) is 27.7 Å². The first-order valence-electron chi connectivity index (χ1n) is 5.62. The third-order valence-electron chi connectivity index (χ3n) is 1.93. The van der Waals surface area contributed by atoms with Gasteiger partial charge in [-0.05, 0) is 27.7 Å². The van der Waals surface area contributed by atoms with Crippen molar-refractivity contribution in [3.8, 4) is 0 Å². The first-order valence-corrected chi connectivity index (χ1v) is 7.26. The Bertz CT molecular complexity index is 388. The summed E-state index contributed by atoms with van der Waals surface area (Å²) in [4.78, 5) is 24.2. The molecular formula is C12H16O4S2. The number of rotatable bonds is 4. The molecule has 0 atom stereocenters. The summed E-state index contributed by atoms with van der Waals surface area (Å²) in [6.45, 7) is 7.91. The lowest BCUT2D eigenvalue weighted by atomic mass is 10.4. The fourth-order valence-electron chi connectivity index (χ4n) is 1.17. The van der Waals surface area contributed by atoms with Crippen LogP contribution in [0.2, 0.25) is 0 Å². The predicted octanol–water partition coefficient (Wildman–Crippen LogP) is 3.06. The van der Waals surface area contributed by atoms with Crippen LogP contribution in [0.5, 0.6) is 0 Å². The van der Waals surface area contributed by atoms with Crippen LogP contribution in [0.25, 0.3) is 0 Å². The summed E-state index contributed by atoms with van der Waals surface area (Å²) in [5.41, 5.74) is 1.06. The first kappa shape index (κ1) is 15.2. The van der Waals surface area contributed by atoms with Gasteiger partial charge in [-0.25, -0.2) is 9.59 Å². The maximum absolute atomic E-state index is 11.8. The van der Waals surface area contributed by atoms with Crippen molar-refractivity contribution in [3.05, 3.63) is 19.6 Å². The number of thioether (sulfide) groups is 2. The second-order valence-electron chi connectivity index (χ2n) is 3.59. The molecule has 0 spiro atoms. The predicted molar refractivity (Wildman–Crippen MR) is 73.8 cm³/mol. The Labute approximate surface area is 115 Å². The molecule has 0 saturated carbocycles. The Hall–Kier alpha value is -0.880. The third-order valence-corrected chi connectivity index (χ3v) is 4.89. The summed E-state index contributed by atoms with van der Waals surface area (Å²) < 4.78 is 10.8. The summed E-state index contributed by atoms with van der Waals surface area (Å²) in [5, 5.41) is 0. The minimum absolute atomic E-state index is 0.286. The highest BCUT2D eigenvalue weighted by molar-refractivity contribution is 8.29. The summed E-state index contributed by atoms with van der Waals surface area (Å²) in [6.07, 6.45) is 0. The molecule has 0 aromatic carbocycles. The second-order valence-corrected chi connectivity index (χ2v) is 5.89. The van der Waals surface area contributed by atoms with Crippen molar-refractivity contribution in [1.29, 1.82) is 0 Å². The number of hydrogen-bond donors (Lipinski definition) is 0. The van der Waals surface area contributed by atoms with Gasteiger partial charge in [-0.2, -0.15) is 0 Å². The van der Waals surface area contributed by atoms with Crippen LogP contribution in [0.1, 0.15) is 27.7 Å². The van der Waals surface area contributed by atoms with E-state index in [2.05, 4.69) is 0 Å². The van der Waals surface area contributed by atoms with E-state index in [1.807, 2.05) is 13.8 Å². The zero-order valence-electron chi connectivity index (χ0n) is 10.9. The van der Waals surface area contributed by atoms with E-state index in [9.17, 15) is 9.59 Å². The average Bonchev–Trinajstić information content (AvgIpc) is 2.74. The molecule has 1 aliphatic heterocycles. The fraction of sp³-hybridized carbons (Fsp3) is 0.500. The van der Waals surface area contributed by atoms with Crippen LogP contribution in [0, 0.1) is 0 Å². The van der Waals surface area contributed by atoms with Gasteiger partial charge in [-0.3, -0.25) is 0 Å². The Morgan fingerprint density at radius 1 is 0.944 bits per heavy atom. The molecule has 0 amide bonds. The largest absolute Gasteiger partial charge is 0.462 e. The Morgan fingerprint density at radius 2 is 1.33 bits per heavy atom. The van der Waals surface area contributed by atoms with Gasteiger partial charge < -0.3 is 9.47 Å². The standard InChI is InChI=1S/C12H16O4S2/c1-5-15-10(13)8-9(11(14)16-6-2)18-12(17-8)7(3)4/h5-6H2,1-4H3. The third kappa shape index (κ3) is 3.55. The molecule has 1 rings (SSSR count). The molecule has 1 heterocycles. The average molecular weight is 288 g/mol. The maximum atomic E-state index is 11.8. The minimum atomic E-state index is -0.464. The lowest BCUT2D eigenvalue weighted by molar-refractivity contribution is -0.140. The number of carbonyl (C=O) groups is 2. The molecule has 18 heavy (non-hydrogen) atoms. The van der Waals surface area contributed by atoms with Crippen LogP contribution in [0.3, 0.4) is 0 Å². The number of esters is 2. The van der Waals surface area contributed by atoms with Crippen LogP contribution in [0.4, 0.5) is 0 Å². The summed E-state index contributed by atoms with van der Waals surface area (Å²) in [7, 11) is 0. The lowest BCUT2D eigenvalue weighted by Crippen LogP contribution is -2.11. The summed E-state index contributed by atoms with van der Waals surface area (Å²) in [6, 6.07) is 0. The Balaban J connectivity index is 3.02. The number of hydrogen-bond acceptors (Lipinski definition) is 6. The smallest absolute Gasteiger partial charge is 0.346 e. The lowest BCUT2D eigenvalue weighted by Gasteiger charge is -2.04. The van der Waals surface area contributed by atoms with E-state index in [0.717, 1.165) is 9.81 Å². The van der Waals surface area contributed by atoms with Crippen LogP contribution < -0.4 is 0 Å². The zero-order valence-corrected chi connectivity index (χ0v) is 12.5. The zero-order chi connectivity index (χ0) is 13.7. The van der Waals surface area contributed by atoms with Gasteiger partial charge in [0.1, 0.15) is 9.81 Å². The second kappa shape index (κ2) is 6.89. The molecule has 0 radical (unpaired) electrons. The van der Waals surface area contributed by atoms with E-state index >= 15 is 0 Å². The molecule has 0 aliphatic carbocycles. The minimum Gasteiger partial charge on any atom is -0.462 e. The highest BCUT2D eigenvalue weighted by Crippen LogP contribution is 2.51. The van der Waals surface area contributed by atoms with E-state index < -0.39 is 11.9 Å². The van der Waals surface area contributed by atoms with E-state index in [1.54, 1.807) is 13.8 Å². The molecule has 100 valence electrons. The quantitative estimate of drug-likeness (QED) is 0.741. The van der Waals surface area contributed by atoms with Crippen molar-refractivity contribution in [3.63, 3.8) is 0 Å². The van der Waals surface area contributed by atoms with Crippen LogP contribution in [0.15, 0.2) is 19.6 Å². The Kier molecular flexibility index (Phi) is 5.81. The monoisotopic (exact) mass is 288 g/mol. The molecule has 0 bridgehead atoms.